The Bertz CT molecular complexity index is 1970. The van der Waals surface area contributed by atoms with E-state index >= 15 is 8.78 Å². The van der Waals surface area contributed by atoms with Crippen molar-refractivity contribution in [2.24, 2.45) is 0 Å². The number of likely N-dealkylation sites (tertiary alicyclic amines) is 1. The van der Waals surface area contributed by atoms with Crippen molar-refractivity contribution in [3.05, 3.63) is 116 Å². The molecular weight excluding hydrogens is 623 g/mol. The van der Waals surface area contributed by atoms with Gasteiger partial charge in [0.2, 0.25) is 5.91 Å². The van der Waals surface area contributed by atoms with Crippen LogP contribution in [0.25, 0.3) is 11.1 Å². The van der Waals surface area contributed by atoms with Gasteiger partial charge in [-0.15, -0.1) is 0 Å². The summed E-state index contributed by atoms with van der Waals surface area (Å²) >= 11 is 0. The number of rotatable bonds is 7. The van der Waals surface area contributed by atoms with Crippen LogP contribution in [0.15, 0.2) is 65.6 Å². The molecule has 0 unspecified atom stereocenters. The highest BCUT2D eigenvalue weighted by Gasteiger charge is 2.33. The van der Waals surface area contributed by atoms with Gasteiger partial charge in [-0.2, -0.15) is 0 Å². The van der Waals surface area contributed by atoms with Crippen molar-refractivity contribution < 1.29 is 32.6 Å². The number of halogens is 3. The largest absolute Gasteiger partial charge is 0.481 e. The maximum absolute atomic E-state index is 15.9. The van der Waals surface area contributed by atoms with Crippen LogP contribution in [0.4, 0.5) is 13.2 Å². The molecule has 6 rings (SSSR count). The minimum atomic E-state index is -1.62. The van der Waals surface area contributed by atoms with E-state index in [2.05, 4.69) is 5.32 Å². The van der Waals surface area contributed by atoms with Crippen LogP contribution in [0, 0.1) is 25.5 Å². The molecule has 4 aromatic rings. The standard InChI is InChI=1S/C37H36F3N3O5/c1-4-23-13-22(10-11-42-18-25(38)19-42)17-43(37(23)47)35-27-15-26(8-9-29(27)39)48-31-7-5-6-20(2)33(31)24-12-21(3)34(40)28(14-24)30(16-32(44)45)41-36(35)46/h5-9,12-15,17,25,30,35H,4,10-11,16,18-19H2,1-3H3,(H,41,46)(H,44,45)/t30-,35+/m0/s1. The van der Waals surface area contributed by atoms with Crippen LogP contribution in [-0.2, 0) is 22.4 Å². The third-order valence-electron chi connectivity index (χ3n) is 9.08. The molecule has 0 radical (unpaired) electrons. The molecule has 2 atom stereocenters. The van der Waals surface area contributed by atoms with Gasteiger partial charge < -0.3 is 15.2 Å². The molecule has 0 spiro atoms. The first-order valence-electron chi connectivity index (χ1n) is 15.9. The van der Waals surface area contributed by atoms with Gasteiger partial charge in [-0.3, -0.25) is 23.9 Å². The second kappa shape index (κ2) is 13.3. The molecule has 2 aliphatic rings. The summed E-state index contributed by atoms with van der Waals surface area (Å²) in [6, 6.07) is 11.1. The van der Waals surface area contributed by atoms with E-state index in [-0.39, 0.29) is 22.4 Å². The summed E-state index contributed by atoms with van der Waals surface area (Å²) in [5.41, 5.74) is 2.41. The number of nitrogens with one attached hydrogen (secondary N) is 1. The zero-order valence-corrected chi connectivity index (χ0v) is 26.9. The maximum atomic E-state index is 15.9. The molecule has 2 aliphatic heterocycles. The smallest absolute Gasteiger partial charge is 0.305 e. The van der Waals surface area contributed by atoms with E-state index in [1.54, 1.807) is 38.1 Å². The SMILES string of the molecule is CCc1cc(CCN2CC(F)C2)cn([C@H]2C(=O)N[C@@H](CC(=O)O)c3cc(cc(C)c3F)-c3c(C)cccc3Oc3ccc(F)c2c3)c1=O. The lowest BCUT2D eigenvalue weighted by atomic mass is 9.92. The first-order chi connectivity index (χ1) is 22.9. The summed E-state index contributed by atoms with van der Waals surface area (Å²) in [5, 5.41) is 12.5. The van der Waals surface area contributed by atoms with Gasteiger partial charge in [-0.25, -0.2) is 13.2 Å². The quantitative estimate of drug-likeness (QED) is 0.245. The molecule has 48 heavy (non-hydrogen) atoms. The molecule has 3 aromatic carbocycles. The van der Waals surface area contributed by atoms with Gasteiger partial charge in [0.25, 0.3) is 5.56 Å². The molecule has 3 heterocycles. The summed E-state index contributed by atoms with van der Waals surface area (Å²) in [6.07, 6.45) is 0.682. The second-order valence-electron chi connectivity index (χ2n) is 12.5. The Balaban J connectivity index is 1.57. The van der Waals surface area contributed by atoms with Gasteiger partial charge >= 0.3 is 5.97 Å². The minimum absolute atomic E-state index is 0.0730. The fourth-order valence-corrected chi connectivity index (χ4v) is 6.58. The summed E-state index contributed by atoms with van der Waals surface area (Å²) in [6.45, 7) is 6.33. The van der Waals surface area contributed by atoms with Crippen LogP contribution in [0.5, 0.6) is 11.5 Å². The van der Waals surface area contributed by atoms with Crippen LogP contribution in [0.3, 0.4) is 0 Å². The number of alkyl halides is 1. The Morgan fingerprint density at radius 2 is 1.79 bits per heavy atom. The molecule has 1 fully saturated rings. The van der Waals surface area contributed by atoms with Crippen LogP contribution < -0.4 is 15.6 Å². The van der Waals surface area contributed by atoms with E-state index in [9.17, 15) is 23.9 Å². The van der Waals surface area contributed by atoms with Crippen molar-refractivity contribution >= 4 is 11.9 Å². The number of carbonyl (C=O) groups excluding carboxylic acids is 1. The first-order valence-corrected chi connectivity index (χ1v) is 15.9. The van der Waals surface area contributed by atoms with Crippen molar-refractivity contribution in [1.29, 1.82) is 0 Å². The Morgan fingerprint density at radius 1 is 1.02 bits per heavy atom. The number of aryl methyl sites for hydroxylation is 3. The molecule has 2 N–H and O–H groups in total. The molecule has 1 saturated heterocycles. The van der Waals surface area contributed by atoms with Gasteiger partial charge in [0.05, 0.1) is 12.5 Å². The lowest BCUT2D eigenvalue weighted by molar-refractivity contribution is -0.137. The topological polar surface area (TPSA) is 101 Å². The molecule has 8 nitrogen and oxygen atoms in total. The highest BCUT2D eigenvalue weighted by molar-refractivity contribution is 5.85. The fraction of sp³-hybridized carbons (Fsp3) is 0.324. The third kappa shape index (κ3) is 6.47. The monoisotopic (exact) mass is 659 g/mol. The molecule has 250 valence electrons. The number of amides is 1. The van der Waals surface area contributed by atoms with Crippen molar-refractivity contribution in [2.45, 2.75) is 58.3 Å². The zero-order valence-electron chi connectivity index (χ0n) is 26.9. The Labute approximate surface area is 275 Å². The summed E-state index contributed by atoms with van der Waals surface area (Å²) < 4.78 is 52.7. The molecule has 4 bridgehead atoms. The normalized spacial score (nSPS) is 18.0. The Hall–Kier alpha value is -4.90. The van der Waals surface area contributed by atoms with Crippen molar-refractivity contribution in [3.8, 4) is 22.6 Å². The third-order valence-corrected chi connectivity index (χ3v) is 9.08. The molecule has 0 saturated carbocycles. The van der Waals surface area contributed by atoms with Gasteiger partial charge in [0, 0.05) is 48.1 Å². The number of nitrogens with zero attached hydrogens (tertiary/aromatic N) is 2. The number of hydrogen-bond donors (Lipinski definition) is 2. The molecular formula is C37H36F3N3O5. The number of carboxylic acids is 1. The van der Waals surface area contributed by atoms with Crippen molar-refractivity contribution in [1.82, 2.24) is 14.8 Å². The van der Waals surface area contributed by atoms with Gasteiger partial charge in [-0.1, -0.05) is 19.1 Å². The van der Waals surface area contributed by atoms with E-state index in [0.717, 1.165) is 16.2 Å². The molecule has 1 amide bonds. The highest BCUT2D eigenvalue weighted by Crippen LogP contribution is 2.40. The Kier molecular flexibility index (Phi) is 9.15. The van der Waals surface area contributed by atoms with E-state index in [0.29, 0.717) is 60.5 Å². The number of hydrogen-bond acceptors (Lipinski definition) is 5. The average molecular weight is 660 g/mol. The minimum Gasteiger partial charge on any atom is -0.481 e. The van der Waals surface area contributed by atoms with Crippen LogP contribution in [0.1, 0.15) is 58.8 Å². The number of carbonyl (C=O) groups is 2. The van der Waals surface area contributed by atoms with E-state index in [4.69, 9.17) is 4.74 Å². The summed E-state index contributed by atoms with van der Waals surface area (Å²) in [5.74, 6) is -3.14. The number of ether oxygens (including phenoxy) is 1. The first kappa shape index (κ1) is 33.0. The lowest BCUT2D eigenvalue weighted by Gasteiger charge is -2.34. The summed E-state index contributed by atoms with van der Waals surface area (Å²) in [7, 11) is 0. The predicted molar refractivity (Wildman–Crippen MR) is 174 cm³/mol. The van der Waals surface area contributed by atoms with Crippen molar-refractivity contribution in [3.63, 3.8) is 0 Å². The van der Waals surface area contributed by atoms with Gasteiger partial charge in [0.1, 0.15) is 35.3 Å². The van der Waals surface area contributed by atoms with Crippen LogP contribution >= 0.6 is 0 Å². The van der Waals surface area contributed by atoms with E-state index in [1.165, 1.54) is 24.4 Å². The fourth-order valence-electron chi connectivity index (χ4n) is 6.58. The lowest BCUT2D eigenvalue weighted by Crippen LogP contribution is -2.49. The number of fused-ring (bicyclic) bond motifs is 6. The average Bonchev–Trinajstić information content (AvgIpc) is 3.02. The van der Waals surface area contributed by atoms with E-state index in [1.807, 2.05) is 17.9 Å². The number of aliphatic carboxylic acids is 1. The molecule has 11 heteroatoms. The highest BCUT2D eigenvalue weighted by atomic mass is 19.1. The maximum Gasteiger partial charge on any atom is 0.305 e. The second-order valence-corrected chi connectivity index (χ2v) is 12.5. The summed E-state index contributed by atoms with van der Waals surface area (Å²) in [4.78, 5) is 42.4. The predicted octanol–water partition coefficient (Wildman–Crippen LogP) is 6.20. The number of aromatic nitrogens is 1. The van der Waals surface area contributed by atoms with Gasteiger partial charge in [-0.05, 0) is 91.4 Å². The number of benzene rings is 3. The van der Waals surface area contributed by atoms with Crippen LogP contribution in [0.2, 0.25) is 0 Å². The molecule has 1 aromatic heterocycles. The Morgan fingerprint density at radius 3 is 2.50 bits per heavy atom. The van der Waals surface area contributed by atoms with Crippen molar-refractivity contribution in [2.75, 3.05) is 19.6 Å². The van der Waals surface area contributed by atoms with Gasteiger partial charge in [0.15, 0.2) is 0 Å². The zero-order chi connectivity index (χ0) is 34.3. The van der Waals surface area contributed by atoms with E-state index < -0.39 is 53.7 Å². The number of pyridine rings is 1. The number of carboxylic acid groups (broad SMARTS) is 1. The molecule has 0 aliphatic carbocycles. The van der Waals surface area contributed by atoms with Crippen LogP contribution in [-0.4, -0.2) is 52.3 Å².